The maximum Gasteiger partial charge on any atom is 0.271 e. The van der Waals surface area contributed by atoms with Gasteiger partial charge in [-0.2, -0.15) is 9.78 Å². The molecule has 1 N–H and O–H groups in total. The van der Waals surface area contributed by atoms with Crippen molar-refractivity contribution in [3.05, 3.63) is 88.8 Å². The van der Waals surface area contributed by atoms with Gasteiger partial charge in [-0.15, -0.1) is 0 Å². The number of nitrogens with one attached hydrogen (secondary N) is 1. The van der Waals surface area contributed by atoms with Crippen LogP contribution in [0.4, 0.5) is 5.69 Å². The lowest BCUT2D eigenvalue weighted by molar-refractivity contribution is 0.0946. The molecule has 1 amide bonds. The summed E-state index contributed by atoms with van der Waals surface area (Å²) in [6.45, 7) is 1.35. The van der Waals surface area contributed by atoms with Crippen molar-refractivity contribution in [2.24, 2.45) is 0 Å². The molecule has 27 heavy (non-hydrogen) atoms. The van der Waals surface area contributed by atoms with E-state index in [1.807, 2.05) is 43.4 Å². The molecule has 0 bridgehead atoms. The predicted molar refractivity (Wildman–Crippen MR) is 106 cm³/mol. The maximum absolute atomic E-state index is 12.4. The van der Waals surface area contributed by atoms with Gasteiger partial charge in [0.15, 0.2) is 0 Å². The first-order chi connectivity index (χ1) is 13.1. The summed E-state index contributed by atoms with van der Waals surface area (Å²) in [7, 11) is 2.02. The number of para-hydroxylation sites is 2. The van der Waals surface area contributed by atoms with Crippen molar-refractivity contribution in [2.45, 2.75) is 6.42 Å². The zero-order valence-electron chi connectivity index (χ0n) is 15.2. The summed E-state index contributed by atoms with van der Waals surface area (Å²) in [4.78, 5) is 26.5. The van der Waals surface area contributed by atoms with Gasteiger partial charge >= 0.3 is 0 Å². The van der Waals surface area contributed by atoms with Crippen molar-refractivity contribution in [2.75, 3.05) is 25.0 Å². The molecule has 0 fully saturated rings. The van der Waals surface area contributed by atoms with Gasteiger partial charge in [0.1, 0.15) is 5.69 Å². The highest BCUT2D eigenvalue weighted by atomic mass is 16.2. The largest absolute Gasteiger partial charge is 0.375 e. The summed E-state index contributed by atoms with van der Waals surface area (Å²) in [6.07, 6.45) is 0.801. The average Bonchev–Trinajstić information content (AvgIpc) is 2.72. The van der Waals surface area contributed by atoms with E-state index in [1.54, 1.807) is 12.1 Å². The number of benzene rings is 2. The van der Waals surface area contributed by atoms with Gasteiger partial charge in [0.2, 0.25) is 0 Å². The Morgan fingerprint density at radius 2 is 1.67 bits per heavy atom. The minimum atomic E-state index is -0.290. The molecule has 138 valence electrons. The number of nitrogens with zero attached hydrogens (tertiary/aromatic N) is 3. The van der Waals surface area contributed by atoms with Gasteiger partial charge in [-0.05, 0) is 36.8 Å². The fourth-order valence-electron chi connectivity index (χ4n) is 2.71. The topological polar surface area (TPSA) is 67.2 Å². The summed E-state index contributed by atoms with van der Waals surface area (Å²) < 4.78 is 1.23. The Kier molecular flexibility index (Phi) is 5.99. The van der Waals surface area contributed by atoms with Crippen LogP contribution in [-0.2, 0) is 0 Å². The van der Waals surface area contributed by atoms with Crippen molar-refractivity contribution in [3.8, 4) is 5.69 Å². The third-order valence-electron chi connectivity index (χ3n) is 4.19. The molecule has 1 aromatic heterocycles. The molecule has 0 saturated heterocycles. The van der Waals surface area contributed by atoms with Crippen LogP contribution >= 0.6 is 0 Å². The van der Waals surface area contributed by atoms with Crippen LogP contribution in [0, 0.1) is 0 Å². The zero-order valence-corrected chi connectivity index (χ0v) is 15.2. The van der Waals surface area contributed by atoms with Crippen LogP contribution in [-0.4, -0.2) is 35.8 Å². The number of carbonyl (C=O) groups excluding carboxylic acids is 1. The van der Waals surface area contributed by atoms with Gasteiger partial charge in [0, 0.05) is 31.9 Å². The molecule has 3 aromatic rings. The lowest BCUT2D eigenvalue weighted by Crippen LogP contribution is -2.31. The first kappa shape index (κ1) is 18.4. The van der Waals surface area contributed by atoms with Gasteiger partial charge < -0.3 is 10.2 Å². The summed E-state index contributed by atoms with van der Waals surface area (Å²) in [5.74, 6) is -0.290. The Bertz CT molecular complexity index is 939. The van der Waals surface area contributed by atoms with E-state index in [0.717, 1.165) is 18.7 Å². The van der Waals surface area contributed by atoms with E-state index in [4.69, 9.17) is 0 Å². The number of amides is 1. The van der Waals surface area contributed by atoms with Crippen molar-refractivity contribution in [1.82, 2.24) is 15.1 Å². The van der Waals surface area contributed by atoms with Gasteiger partial charge in [0.05, 0.1) is 5.69 Å². The highest BCUT2D eigenvalue weighted by Gasteiger charge is 2.10. The van der Waals surface area contributed by atoms with Crippen molar-refractivity contribution in [3.63, 3.8) is 0 Å². The van der Waals surface area contributed by atoms with Crippen LogP contribution in [0.15, 0.2) is 77.6 Å². The number of hydrogen-bond donors (Lipinski definition) is 1. The lowest BCUT2D eigenvalue weighted by atomic mass is 10.3. The molecule has 3 rings (SSSR count). The molecule has 1 heterocycles. The smallest absolute Gasteiger partial charge is 0.271 e. The molecule has 6 nitrogen and oxygen atoms in total. The molecule has 2 aromatic carbocycles. The van der Waals surface area contributed by atoms with Gasteiger partial charge in [-0.3, -0.25) is 9.59 Å². The van der Waals surface area contributed by atoms with Crippen LogP contribution in [0.3, 0.4) is 0 Å². The third kappa shape index (κ3) is 4.82. The SMILES string of the molecule is CN(CCCNC(=O)c1ccc(=O)n(-c2ccccc2)n1)c1ccccc1. The molecular formula is C21H22N4O2. The minimum Gasteiger partial charge on any atom is -0.375 e. The molecule has 0 spiro atoms. The second-order valence-corrected chi connectivity index (χ2v) is 6.17. The molecule has 6 heteroatoms. The predicted octanol–water partition coefficient (Wildman–Crippen LogP) is 2.49. The fourth-order valence-corrected chi connectivity index (χ4v) is 2.71. The van der Waals surface area contributed by atoms with E-state index in [0.29, 0.717) is 12.2 Å². The van der Waals surface area contributed by atoms with Gasteiger partial charge in [-0.25, -0.2) is 0 Å². The average molecular weight is 362 g/mol. The Balaban J connectivity index is 1.56. The van der Waals surface area contributed by atoms with Crippen LogP contribution in [0.5, 0.6) is 0 Å². The molecule has 0 unspecified atom stereocenters. The number of carbonyl (C=O) groups is 1. The van der Waals surface area contributed by atoms with Crippen molar-refractivity contribution < 1.29 is 4.79 Å². The lowest BCUT2D eigenvalue weighted by Gasteiger charge is -2.19. The Labute approximate surface area is 158 Å². The number of anilines is 1. The van der Waals surface area contributed by atoms with Crippen molar-refractivity contribution in [1.29, 1.82) is 0 Å². The van der Waals surface area contributed by atoms with Crippen LogP contribution < -0.4 is 15.8 Å². The zero-order chi connectivity index (χ0) is 19.1. The molecular weight excluding hydrogens is 340 g/mol. The van der Waals surface area contributed by atoms with E-state index < -0.39 is 0 Å². The van der Waals surface area contributed by atoms with E-state index in [2.05, 4.69) is 27.4 Å². The van der Waals surface area contributed by atoms with Crippen LogP contribution in [0.1, 0.15) is 16.9 Å². The van der Waals surface area contributed by atoms with Gasteiger partial charge in [0.25, 0.3) is 11.5 Å². The Hall–Kier alpha value is -3.41. The number of hydrogen-bond acceptors (Lipinski definition) is 4. The maximum atomic E-state index is 12.4. The molecule has 0 radical (unpaired) electrons. The highest BCUT2D eigenvalue weighted by molar-refractivity contribution is 5.92. The minimum absolute atomic E-state index is 0.217. The summed E-state index contributed by atoms with van der Waals surface area (Å²) in [5.41, 5.74) is 1.71. The molecule has 0 aliphatic carbocycles. The fraction of sp³-hybridized carbons (Fsp3) is 0.190. The molecule has 0 aliphatic rings. The second-order valence-electron chi connectivity index (χ2n) is 6.17. The monoisotopic (exact) mass is 362 g/mol. The Morgan fingerprint density at radius 3 is 2.37 bits per heavy atom. The first-order valence-electron chi connectivity index (χ1n) is 8.85. The Morgan fingerprint density at radius 1 is 1.00 bits per heavy atom. The van der Waals surface area contributed by atoms with Crippen LogP contribution in [0.2, 0.25) is 0 Å². The molecule has 0 atom stereocenters. The first-order valence-corrected chi connectivity index (χ1v) is 8.85. The van der Waals surface area contributed by atoms with Crippen LogP contribution in [0.25, 0.3) is 5.69 Å². The summed E-state index contributed by atoms with van der Waals surface area (Å²) in [5, 5.41) is 7.05. The van der Waals surface area contributed by atoms with E-state index in [9.17, 15) is 9.59 Å². The second kappa shape index (κ2) is 8.80. The summed E-state index contributed by atoms with van der Waals surface area (Å²) >= 11 is 0. The van der Waals surface area contributed by atoms with E-state index in [1.165, 1.54) is 16.8 Å². The van der Waals surface area contributed by atoms with E-state index in [-0.39, 0.29) is 17.2 Å². The highest BCUT2D eigenvalue weighted by Crippen LogP contribution is 2.10. The molecule has 0 aliphatic heterocycles. The van der Waals surface area contributed by atoms with Gasteiger partial charge in [-0.1, -0.05) is 36.4 Å². The van der Waals surface area contributed by atoms with E-state index >= 15 is 0 Å². The standard InChI is InChI=1S/C21H22N4O2/c1-24(17-9-4-2-5-10-17)16-8-15-22-21(27)19-13-14-20(26)25(23-19)18-11-6-3-7-12-18/h2-7,9-14H,8,15-16H2,1H3,(H,22,27). The number of rotatable bonds is 7. The van der Waals surface area contributed by atoms with Crippen molar-refractivity contribution >= 4 is 11.6 Å². The summed E-state index contributed by atoms with van der Waals surface area (Å²) in [6, 6.07) is 21.9. The normalized spacial score (nSPS) is 10.4. The quantitative estimate of drug-likeness (QED) is 0.656. The third-order valence-corrected chi connectivity index (χ3v) is 4.19. The molecule has 0 saturated carbocycles. The number of aromatic nitrogens is 2.